The second-order valence-electron chi connectivity index (χ2n) is 4.85. The lowest BCUT2D eigenvalue weighted by atomic mass is 10.0. The van der Waals surface area contributed by atoms with E-state index in [-0.39, 0.29) is 6.04 Å². The van der Waals surface area contributed by atoms with Gasteiger partial charge in [-0.05, 0) is 30.5 Å². The minimum absolute atomic E-state index is 0.0560. The molecule has 0 fully saturated rings. The zero-order valence-electron chi connectivity index (χ0n) is 10.6. The smallest absolute Gasteiger partial charge is 0.383 e. The van der Waals surface area contributed by atoms with E-state index >= 15 is 0 Å². The summed E-state index contributed by atoms with van der Waals surface area (Å²) in [5.41, 5.74) is 5.66. The zero-order valence-corrected chi connectivity index (χ0v) is 10.6. The van der Waals surface area contributed by atoms with Crippen LogP contribution >= 0.6 is 0 Å². The van der Waals surface area contributed by atoms with E-state index in [1.54, 1.807) is 6.07 Å². The second-order valence-corrected chi connectivity index (χ2v) is 4.85. The molecule has 0 radical (unpaired) electrons. The quantitative estimate of drug-likeness (QED) is 0.850. The Hall–Kier alpha value is -1.23. The SMILES string of the molecule is CC(C)CC(N)CNc1cccc(C(F)(F)F)c1. The molecular weight excluding hydrogens is 241 g/mol. The van der Waals surface area contributed by atoms with Crippen LogP contribution in [0.15, 0.2) is 24.3 Å². The van der Waals surface area contributed by atoms with Crippen LogP contribution in [0, 0.1) is 5.92 Å². The summed E-state index contributed by atoms with van der Waals surface area (Å²) in [6.07, 6.45) is -3.47. The Bertz CT molecular complexity index is 375. The molecule has 0 amide bonds. The molecule has 0 heterocycles. The lowest BCUT2D eigenvalue weighted by molar-refractivity contribution is -0.137. The van der Waals surface area contributed by atoms with Crippen LogP contribution in [0.4, 0.5) is 18.9 Å². The first-order valence-electron chi connectivity index (χ1n) is 5.95. The third-order valence-electron chi connectivity index (χ3n) is 2.53. The highest BCUT2D eigenvalue weighted by molar-refractivity contribution is 5.46. The van der Waals surface area contributed by atoms with Crippen LogP contribution in [0.2, 0.25) is 0 Å². The fourth-order valence-corrected chi connectivity index (χ4v) is 1.74. The summed E-state index contributed by atoms with van der Waals surface area (Å²) < 4.78 is 37.5. The van der Waals surface area contributed by atoms with E-state index in [4.69, 9.17) is 5.73 Å². The summed E-state index contributed by atoms with van der Waals surface area (Å²) in [6, 6.07) is 5.09. The van der Waals surface area contributed by atoms with Gasteiger partial charge in [-0.15, -0.1) is 0 Å². The van der Waals surface area contributed by atoms with Crippen LogP contribution in [0.5, 0.6) is 0 Å². The molecule has 0 bridgehead atoms. The van der Waals surface area contributed by atoms with Crippen molar-refractivity contribution in [2.45, 2.75) is 32.5 Å². The van der Waals surface area contributed by atoms with Crippen LogP contribution in [-0.4, -0.2) is 12.6 Å². The van der Waals surface area contributed by atoms with E-state index in [1.807, 2.05) is 0 Å². The first-order chi connectivity index (χ1) is 8.29. The largest absolute Gasteiger partial charge is 0.416 e. The number of halogens is 3. The average molecular weight is 260 g/mol. The number of nitrogens with one attached hydrogen (secondary N) is 1. The molecule has 1 unspecified atom stereocenters. The summed E-state index contributed by atoms with van der Waals surface area (Å²) in [6.45, 7) is 4.59. The zero-order chi connectivity index (χ0) is 13.8. The number of alkyl halides is 3. The van der Waals surface area contributed by atoms with E-state index < -0.39 is 11.7 Å². The number of hydrogen-bond donors (Lipinski definition) is 2. The Morgan fingerprint density at radius 2 is 1.94 bits per heavy atom. The highest BCUT2D eigenvalue weighted by atomic mass is 19.4. The highest BCUT2D eigenvalue weighted by Crippen LogP contribution is 2.30. The lowest BCUT2D eigenvalue weighted by Crippen LogP contribution is -2.30. The van der Waals surface area contributed by atoms with Gasteiger partial charge in [0.2, 0.25) is 0 Å². The van der Waals surface area contributed by atoms with E-state index in [2.05, 4.69) is 19.2 Å². The Kier molecular flexibility index (Phi) is 5.02. The maximum absolute atomic E-state index is 12.5. The predicted molar refractivity (Wildman–Crippen MR) is 67.4 cm³/mol. The molecular formula is C13H19F3N2. The fraction of sp³-hybridized carbons (Fsp3) is 0.538. The normalized spacial score (nSPS) is 13.7. The van der Waals surface area contributed by atoms with Gasteiger partial charge in [0.15, 0.2) is 0 Å². The van der Waals surface area contributed by atoms with E-state index in [1.165, 1.54) is 6.07 Å². The van der Waals surface area contributed by atoms with Gasteiger partial charge in [0.05, 0.1) is 5.56 Å². The molecule has 5 heteroatoms. The molecule has 0 aliphatic carbocycles. The standard InChI is InChI=1S/C13H19F3N2/c1-9(2)6-11(17)8-18-12-5-3-4-10(7-12)13(14,15)16/h3-5,7,9,11,18H,6,8,17H2,1-2H3. The van der Waals surface area contributed by atoms with Crippen molar-refractivity contribution in [3.63, 3.8) is 0 Å². The van der Waals surface area contributed by atoms with Crippen LogP contribution in [0.1, 0.15) is 25.8 Å². The van der Waals surface area contributed by atoms with Gasteiger partial charge >= 0.3 is 6.18 Å². The van der Waals surface area contributed by atoms with Gasteiger partial charge in [-0.3, -0.25) is 0 Å². The first-order valence-corrected chi connectivity index (χ1v) is 5.95. The average Bonchev–Trinajstić information content (AvgIpc) is 2.25. The van der Waals surface area contributed by atoms with Crippen molar-refractivity contribution in [3.8, 4) is 0 Å². The monoisotopic (exact) mass is 260 g/mol. The van der Waals surface area contributed by atoms with Gasteiger partial charge in [-0.2, -0.15) is 13.2 Å². The number of anilines is 1. The van der Waals surface area contributed by atoms with Crippen molar-refractivity contribution < 1.29 is 13.2 Å². The molecule has 0 saturated carbocycles. The van der Waals surface area contributed by atoms with Crippen molar-refractivity contribution in [2.24, 2.45) is 11.7 Å². The molecule has 1 aromatic rings. The molecule has 0 aliphatic rings. The Morgan fingerprint density at radius 1 is 1.28 bits per heavy atom. The second kappa shape index (κ2) is 6.09. The van der Waals surface area contributed by atoms with Crippen LogP contribution < -0.4 is 11.1 Å². The lowest BCUT2D eigenvalue weighted by Gasteiger charge is -2.16. The molecule has 0 spiro atoms. The highest BCUT2D eigenvalue weighted by Gasteiger charge is 2.30. The molecule has 3 N–H and O–H groups in total. The summed E-state index contributed by atoms with van der Waals surface area (Å²) >= 11 is 0. The van der Waals surface area contributed by atoms with Crippen molar-refractivity contribution >= 4 is 5.69 Å². The maximum atomic E-state index is 12.5. The van der Waals surface area contributed by atoms with Gasteiger partial charge in [0.25, 0.3) is 0 Å². The van der Waals surface area contributed by atoms with Gasteiger partial charge < -0.3 is 11.1 Å². The van der Waals surface area contributed by atoms with Gasteiger partial charge in [-0.25, -0.2) is 0 Å². The van der Waals surface area contributed by atoms with Gasteiger partial charge in [0, 0.05) is 18.3 Å². The Labute approximate surface area is 105 Å². The molecule has 1 atom stereocenters. The summed E-state index contributed by atoms with van der Waals surface area (Å²) in [5.74, 6) is 0.475. The summed E-state index contributed by atoms with van der Waals surface area (Å²) in [7, 11) is 0. The molecule has 0 aliphatic heterocycles. The van der Waals surface area contributed by atoms with Crippen LogP contribution in [0.3, 0.4) is 0 Å². The van der Waals surface area contributed by atoms with Crippen molar-refractivity contribution in [2.75, 3.05) is 11.9 Å². The topological polar surface area (TPSA) is 38.0 Å². The minimum atomic E-state index is -4.31. The van der Waals surface area contributed by atoms with Gasteiger partial charge in [0.1, 0.15) is 0 Å². The van der Waals surface area contributed by atoms with Crippen molar-refractivity contribution in [1.82, 2.24) is 0 Å². The van der Waals surface area contributed by atoms with Crippen molar-refractivity contribution in [1.29, 1.82) is 0 Å². The van der Waals surface area contributed by atoms with Crippen LogP contribution in [-0.2, 0) is 6.18 Å². The molecule has 0 saturated heterocycles. The van der Waals surface area contributed by atoms with Crippen molar-refractivity contribution in [3.05, 3.63) is 29.8 Å². The number of rotatable bonds is 5. The Morgan fingerprint density at radius 3 is 2.50 bits per heavy atom. The molecule has 1 rings (SSSR count). The molecule has 18 heavy (non-hydrogen) atoms. The maximum Gasteiger partial charge on any atom is 0.416 e. The van der Waals surface area contributed by atoms with E-state index in [0.717, 1.165) is 18.6 Å². The molecule has 2 nitrogen and oxygen atoms in total. The van der Waals surface area contributed by atoms with Gasteiger partial charge in [-0.1, -0.05) is 19.9 Å². The molecule has 102 valence electrons. The molecule has 0 aromatic heterocycles. The van der Waals surface area contributed by atoms with E-state index in [0.29, 0.717) is 18.2 Å². The number of nitrogens with two attached hydrogens (primary N) is 1. The third-order valence-corrected chi connectivity index (χ3v) is 2.53. The van der Waals surface area contributed by atoms with Crippen LogP contribution in [0.25, 0.3) is 0 Å². The summed E-state index contributed by atoms with van der Waals surface area (Å²) in [5, 5.41) is 2.94. The third kappa shape index (κ3) is 4.96. The molecule has 1 aromatic carbocycles. The Balaban J connectivity index is 2.58. The minimum Gasteiger partial charge on any atom is -0.383 e. The predicted octanol–water partition coefficient (Wildman–Crippen LogP) is 3.49. The first kappa shape index (κ1) is 14.8. The fourth-order valence-electron chi connectivity index (χ4n) is 1.74. The number of hydrogen-bond acceptors (Lipinski definition) is 2. The number of benzene rings is 1. The summed E-state index contributed by atoms with van der Waals surface area (Å²) in [4.78, 5) is 0. The van der Waals surface area contributed by atoms with E-state index in [9.17, 15) is 13.2 Å².